The van der Waals surface area contributed by atoms with E-state index >= 15 is 0 Å². The Balaban J connectivity index is 1.84. The Morgan fingerprint density at radius 3 is 2.65 bits per heavy atom. The molecule has 2 aliphatic rings. The molecule has 0 spiro atoms. The molecule has 2 unspecified atom stereocenters. The largest absolute Gasteiger partial charge is 0.459 e. The molecule has 2 atom stereocenters. The maximum atomic E-state index is 5.39. The Morgan fingerprint density at radius 1 is 1.41 bits per heavy atom. The minimum Gasteiger partial charge on any atom is -0.459 e. The lowest BCUT2D eigenvalue weighted by Crippen LogP contribution is -2.22. The first-order chi connectivity index (χ1) is 8.13. The first kappa shape index (κ1) is 12.5. The average Bonchev–Trinajstić information content (AvgIpc) is 2.86. The molecule has 2 heteroatoms. The van der Waals surface area contributed by atoms with Gasteiger partial charge in [-0.25, -0.2) is 0 Å². The number of rotatable bonds is 4. The molecule has 0 bridgehead atoms. The summed E-state index contributed by atoms with van der Waals surface area (Å²) in [6.07, 6.45) is 11.9. The van der Waals surface area contributed by atoms with Gasteiger partial charge in [-0.3, -0.25) is 0 Å². The summed E-state index contributed by atoms with van der Waals surface area (Å²) in [5, 5.41) is 0. The quantitative estimate of drug-likeness (QED) is 0.674. The highest BCUT2D eigenvalue weighted by Crippen LogP contribution is 2.39. The highest BCUT2D eigenvalue weighted by atomic mass is 16.7. The SMILES string of the molecule is CCC1(C)CC=C(CC(C)C2OC=CO2)CC1. The molecular formula is C15H24O2. The predicted octanol–water partition coefficient (Wildman–Crippen LogP) is 4.38. The molecule has 0 N–H and O–H groups in total. The lowest BCUT2D eigenvalue weighted by atomic mass is 9.73. The number of ether oxygens (including phenoxy) is 2. The van der Waals surface area contributed by atoms with Crippen LogP contribution in [0.5, 0.6) is 0 Å². The Hall–Kier alpha value is -0.920. The van der Waals surface area contributed by atoms with Crippen LogP contribution in [0.25, 0.3) is 0 Å². The maximum absolute atomic E-state index is 5.39. The zero-order chi connectivity index (χ0) is 12.3. The molecule has 96 valence electrons. The molecule has 1 heterocycles. The molecule has 0 aromatic carbocycles. The summed E-state index contributed by atoms with van der Waals surface area (Å²) in [7, 11) is 0. The molecule has 0 amide bonds. The van der Waals surface area contributed by atoms with Crippen LogP contribution in [-0.4, -0.2) is 6.29 Å². The molecule has 0 aromatic heterocycles. The van der Waals surface area contributed by atoms with E-state index in [2.05, 4.69) is 26.8 Å². The second kappa shape index (κ2) is 5.16. The van der Waals surface area contributed by atoms with Gasteiger partial charge in [0.15, 0.2) is 0 Å². The minimum absolute atomic E-state index is 0.0737. The third-order valence-electron chi connectivity index (χ3n) is 4.32. The van der Waals surface area contributed by atoms with Gasteiger partial charge in [0.25, 0.3) is 0 Å². The van der Waals surface area contributed by atoms with Crippen LogP contribution in [0.4, 0.5) is 0 Å². The molecule has 1 aliphatic carbocycles. The van der Waals surface area contributed by atoms with E-state index in [0.29, 0.717) is 11.3 Å². The second-order valence-electron chi connectivity index (χ2n) is 5.82. The normalized spacial score (nSPS) is 30.6. The Bertz CT molecular complexity index is 311. The van der Waals surface area contributed by atoms with Crippen LogP contribution in [0.3, 0.4) is 0 Å². The van der Waals surface area contributed by atoms with E-state index in [1.165, 1.54) is 25.7 Å². The van der Waals surface area contributed by atoms with Crippen molar-refractivity contribution in [2.75, 3.05) is 0 Å². The van der Waals surface area contributed by atoms with E-state index < -0.39 is 0 Å². The van der Waals surface area contributed by atoms with E-state index in [0.717, 1.165) is 6.42 Å². The molecule has 0 saturated heterocycles. The average molecular weight is 236 g/mol. The fraction of sp³-hybridized carbons (Fsp3) is 0.733. The molecule has 2 rings (SSSR count). The highest BCUT2D eigenvalue weighted by Gasteiger charge is 2.27. The standard InChI is InChI=1S/C15H24O2/c1-4-15(3)7-5-13(6-8-15)11-12(2)14-16-9-10-17-14/h5,9-10,12,14H,4,6-8,11H2,1-3H3. The Labute approximate surface area is 105 Å². The van der Waals surface area contributed by atoms with Gasteiger partial charge in [0, 0.05) is 5.92 Å². The van der Waals surface area contributed by atoms with Crippen LogP contribution in [0.2, 0.25) is 0 Å². The Morgan fingerprint density at radius 2 is 2.12 bits per heavy atom. The van der Waals surface area contributed by atoms with Gasteiger partial charge >= 0.3 is 0 Å². The van der Waals surface area contributed by atoms with Crippen molar-refractivity contribution < 1.29 is 9.47 Å². The topological polar surface area (TPSA) is 18.5 Å². The van der Waals surface area contributed by atoms with Crippen molar-refractivity contribution >= 4 is 0 Å². The summed E-state index contributed by atoms with van der Waals surface area (Å²) in [5.74, 6) is 0.433. The molecule has 1 aliphatic heterocycles. The molecule has 2 nitrogen and oxygen atoms in total. The molecule has 17 heavy (non-hydrogen) atoms. The molecule has 0 radical (unpaired) electrons. The van der Waals surface area contributed by atoms with Crippen molar-refractivity contribution in [1.29, 1.82) is 0 Å². The van der Waals surface area contributed by atoms with Crippen LogP contribution in [-0.2, 0) is 9.47 Å². The second-order valence-corrected chi connectivity index (χ2v) is 5.82. The van der Waals surface area contributed by atoms with Gasteiger partial charge < -0.3 is 9.47 Å². The summed E-state index contributed by atoms with van der Waals surface area (Å²) in [6.45, 7) is 6.90. The summed E-state index contributed by atoms with van der Waals surface area (Å²) >= 11 is 0. The van der Waals surface area contributed by atoms with Gasteiger partial charge in [-0.2, -0.15) is 0 Å². The zero-order valence-electron chi connectivity index (χ0n) is 11.2. The molecule has 0 aromatic rings. The third-order valence-corrected chi connectivity index (χ3v) is 4.32. The van der Waals surface area contributed by atoms with Gasteiger partial charge in [0.05, 0.1) is 0 Å². The van der Waals surface area contributed by atoms with Crippen molar-refractivity contribution in [3.8, 4) is 0 Å². The van der Waals surface area contributed by atoms with Crippen molar-refractivity contribution in [1.82, 2.24) is 0 Å². The fourth-order valence-electron chi connectivity index (χ4n) is 2.59. The summed E-state index contributed by atoms with van der Waals surface area (Å²) < 4.78 is 10.8. The van der Waals surface area contributed by atoms with Crippen molar-refractivity contribution in [3.63, 3.8) is 0 Å². The number of allylic oxidation sites excluding steroid dienone is 2. The van der Waals surface area contributed by atoms with Gasteiger partial charge in [0.1, 0.15) is 12.5 Å². The third kappa shape index (κ3) is 3.05. The fourth-order valence-corrected chi connectivity index (χ4v) is 2.59. The molecule has 0 fully saturated rings. The van der Waals surface area contributed by atoms with Crippen LogP contribution in [0.1, 0.15) is 52.9 Å². The maximum Gasteiger partial charge on any atom is 0.242 e. The number of hydrogen-bond donors (Lipinski definition) is 0. The molecular weight excluding hydrogens is 212 g/mol. The highest BCUT2D eigenvalue weighted by molar-refractivity contribution is 5.10. The molecule has 0 saturated carbocycles. The van der Waals surface area contributed by atoms with Crippen molar-refractivity contribution in [2.24, 2.45) is 11.3 Å². The van der Waals surface area contributed by atoms with E-state index in [1.54, 1.807) is 18.1 Å². The summed E-state index contributed by atoms with van der Waals surface area (Å²) in [5.41, 5.74) is 2.12. The van der Waals surface area contributed by atoms with Gasteiger partial charge in [0.2, 0.25) is 6.29 Å². The van der Waals surface area contributed by atoms with Crippen molar-refractivity contribution in [2.45, 2.75) is 59.2 Å². The lowest BCUT2D eigenvalue weighted by Gasteiger charge is -2.32. The van der Waals surface area contributed by atoms with E-state index in [1.807, 2.05) is 0 Å². The van der Waals surface area contributed by atoms with Crippen LogP contribution in [0, 0.1) is 11.3 Å². The number of hydrogen-bond acceptors (Lipinski definition) is 2. The van der Waals surface area contributed by atoms with Gasteiger partial charge in [-0.15, -0.1) is 0 Å². The van der Waals surface area contributed by atoms with E-state index in [4.69, 9.17) is 9.47 Å². The Kier molecular flexibility index (Phi) is 3.80. The van der Waals surface area contributed by atoms with E-state index in [9.17, 15) is 0 Å². The van der Waals surface area contributed by atoms with Crippen LogP contribution >= 0.6 is 0 Å². The predicted molar refractivity (Wildman–Crippen MR) is 69.2 cm³/mol. The van der Waals surface area contributed by atoms with Crippen LogP contribution in [0.15, 0.2) is 24.2 Å². The first-order valence-electron chi connectivity index (χ1n) is 6.77. The van der Waals surface area contributed by atoms with E-state index in [-0.39, 0.29) is 6.29 Å². The van der Waals surface area contributed by atoms with Gasteiger partial charge in [-0.05, 0) is 31.1 Å². The lowest BCUT2D eigenvalue weighted by molar-refractivity contribution is -0.0613. The summed E-state index contributed by atoms with van der Waals surface area (Å²) in [6, 6.07) is 0. The van der Waals surface area contributed by atoms with Crippen molar-refractivity contribution in [3.05, 3.63) is 24.2 Å². The minimum atomic E-state index is -0.0737. The zero-order valence-corrected chi connectivity index (χ0v) is 11.2. The summed E-state index contributed by atoms with van der Waals surface area (Å²) in [4.78, 5) is 0. The monoisotopic (exact) mass is 236 g/mol. The smallest absolute Gasteiger partial charge is 0.242 e. The first-order valence-corrected chi connectivity index (χ1v) is 6.77. The van der Waals surface area contributed by atoms with Crippen LogP contribution < -0.4 is 0 Å². The van der Waals surface area contributed by atoms with Gasteiger partial charge in [-0.1, -0.05) is 38.8 Å².